The van der Waals surface area contributed by atoms with Crippen molar-refractivity contribution in [3.05, 3.63) is 0 Å². The molecule has 5 atom stereocenters. The minimum atomic E-state index is -1.37. The highest BCUT2D eigenvalue weighted by Crippen LogP contribution is 2.40. The van der Waals surface area contributed by atoms with Gasteiger partial charge >= 0.3 is 18.0 Å². The van der Waals surface area contributed by atoms with Crippen molar-refractivity contribution in [1.29, 1.82) is 0 Å². The van der Waals surface area contributed by atoms with Gasteiger partial charge in [-0.05, 0) is 83.1 Å². The summed E-state index contributed by atoms with van der Waals surface area (Å²) >= 11 is 0. The number of fused-ring (bicyclic) bond motifs is 1. The zero-order valence-corrected chi connectivity index (χ0v) is 21.9. The Labute approximate surface area is 223 Å². The van der Waals surface area contributed by atoms with Crippen LogP contribution in [0.4, 0.5) is 4.79 Å². The lowest BCUT2D eigenvalue weighted by Crippen LogP contribution is -2.52. The van der Waals surface area contributed by atoms with E-state index in [0.717, 1.165) is 51.4 Å². The van der Waals surface area contributed by atoms with Crippen molar-refractivity contribution in [1.82, 2.24) is 15.5 Å². The number of amides is 3. The predicted octanol–water partition coefficient (Wildman–Crippen LogP) is 1.75. The van der Waals surface area contributed by atoms with Crippen LogP contribution in [-0.4, -0.2) is 81.8 Å². The molecule has 2 saturated carbocycles. The number of likely N-dealkylation sites (tertiary alicyclic amines) is 1. The topological polar surface area (TPSA) is 188 Å². The van der Waals surface area contributed by atoms with Gasteiger partial charge in [-0.3, -0.25) is 9.59 Å². The van der Waals surface area contributed by atoms with E-state index in [9.17, 15) is 34.2 Å². The molecule has 3 aliphatic rings. The van der Waals surface area contributed by atoms with Crippen LogP contribution in [0.2, 0.25) is 0 Å². The van der Waals surface area contributed by atoms with Crippen LogP contribution >= 0.6 is 0 Å². The third kappa shape index (κ3) is 8.05. The van der Waals surface area contributed by atoms with Crippen molar-refractivity contribution in [2.75, 3.05) is 6.54 Å². The van der Waals surface area contributed by atoms with Crippen LogP contribution in [-0.2, 0) is 23.9 Å². The van der Waals surface area contributed by atoms with Gasteiger partial charge in [0.25, 0.3) is 0 Å². The van der Waals surface area contributed by atoms with Crippen LogP contribution < -0.4 is 16.4 Å². The molecule has 0 bridgehead atoms. The smallest absolute Gasteiger partial charge is 0.408 e. The summed E-state index contributed by atoms with van der Waals surface area (Å²) in [7, 11) is 0. The van der Waals surface area contributed by atoms with Crippen molar-refractivity contribution < 1.29 is 38.9 Å². The van der Waals surface area contributed by atoms with E-state index in [1.807, 2.05) is 0 Å². The Morgan fingerprint density at radius 1 is 0.895 bits per heavy atom. The van der Waals surface area contributed by atoms with Crippen LogP contribution in [0, 0.1) is 5.92 Å². The molecule has 1 heterocycles. The van der Waals surface area contributed by atoms with E-state index < -0.39 is 48.0 Å². The van der Waals surface area contributed by atoms with E-state index in [1.165, 1.54) is 4.90 Å². The second-order valence-corrected chi connectivity index (χ2v) is 10.7. The van der Waals surface area contributed by atoms with Crippen molar-refractivity contribution >= 4 is 29.8 Å². The molecule has 3 fully saturated rings. The summed E-state index contributed by atoms with van der Waals surface area (Å²) in [5, 5.41) is 24.4. The van der Waals surface area contributed by atoms with Crippen LogP contribution in [0.15, 0.2) is 0 Å². The Balaban J connectivity index is 1.59. The first kappa shape index (κ1) is 29.7. The first-order valence-electron chi connectivity index (χ1n) is 14.0. The quantitative estimate of drug-likeness (QED) is 0.218. The number of rotatable bonds is 13. The summed E-state index contributed by atoms with van der Waals surface area (Å²) in [6.07, 6.45) is 7.58. The van der Waals surface area contributed by atoms with Gasteiger partial charge in [0.2, 0.25) is 11.8 Å². The molecule has 1 aliphatic heterocycles. The van der Waals surface area contributed by atoms with Gasteiger partial charge in [0, 0.05) is 12.5 Å². The molecule has 12 nitrogen and oxygen atoms in total. The maximum Gasteiger partial charge on any atom is 0.408 e. The number of hydrogen-bond donors (Lipinski definition) is 5. The first-order valence-corrected chi connectivity index (χ1v) is 14.0. The van der Waals surface area contributed by atoms with E-state index in [0.29, 0.717) is 25.8 Å². The molecule has 0 aromatic rings. The SMILES string of the molecule is NCCCC[C@H](NC(=O)OC1CCCC1)C(=O)N[C@H](CCC(=O)N1[C@H](C(=O)O)C[C@@H]2CCCC[C@@H]21)C(=O)O. The molecule has 0 spiro atoms. The second kappa shape index (κ2) is 14.3. The molecule has 1 saturated heterocycles. The van der Waals surface area contributed by atoms with E-state index >= 15 is 0 Å². The number of nitrogens with one attached hydrogen (secondary N) is 2. The number of unbranched alkanes of at least 4 members (excludes halogenated alkanes) is 1. The fraction of sp³-hybridized carbons (Fsp3) is 0.808. The lowest BCUT2D eigenvalue weighted by Gasteiger charge is -2.33. The standard InChI is InChI=1S/C26H42N4O8/c27-14-6-5-10-18(29-26(37)38-17-8-2-3-9-17)23(32)28-19(24(33)34)12-13-22(31)30-20-11-4-1-7-16(20)15-21(30)25(35)36/h16-21H,1-15,27H2,(H,28,32)(H,29,37)(H,33,34)(H,35,36)/t16-,18-,19+,20-,21-/m0/s1. The number of nitrogens with two attached hydrogens (primary N) is 1. The third-order valence-electron chi connectivity index (χ3n) is 8.05. The first-order chi connectivity index (χ1) is 18.2. The molecule has 0 unspecified atom stereocenters. The maximum absolute atomic E-state index is 13.1. The van der Waals surface area contributed by atoms with Gasteiger partial charge < -0.3 is 36.2 Å². The lowest BCUT2D eigenvalue weighted by molar-refractivity contribution is -0.150. The number of aliphatic carboxylic acids is 2. The number of carbonyl (C=O) groups is 5. The molecular formula is C26H42N4O8. The average molecular weight is 539 g/mol. The van der Waals surface area contributed by atoms with Crippen molar-refractivity contribution in [2.45, 2.75) is 120 Å². The normalized spacial score (nSPS) is 24.8. The van der Waals surface area contributed by atoms with Gasteiger partial charge in [0.15, 0.2) is 0 Å². The Bertz CT molecular complexity index is 862. The van der Waals surface area contributed by atoms with Crippen LogP contribution in [0.1, 0.15) is 89.9 Å². The van der Waals surface area contributed by atoms with Crippen LogP contribution in [0.3, 0.4) is 0 Å². The number of hydrogen-bond acceptors (Lipinski definition) is 7. The molecule has 3 rings (SSSR count). The van der Waals surface area contributed by atoms with Crippen molar-refractivity contribution in [2.24, 2.45) is 11.7 Å². The monoisotopic (exact) mass is 538 g/mol. The number of nitrogens with zero attached hydrogens (tertiary/aromatic N) is 1. The minimum absolute atomic E-state index is 0.141. The molecule has 2 aliphatic carbocycles. The third-order valence-corrected chi connectivity index (χ3v) is 8.05. The fourth-order valence-corrected chi connectivity index (χ4v) is 6.06. The summed E-state index contributed by atoms with van der Waals surface area (Å²) in [5.41, 5.74) is 5.55. The molecule has 12 heteroatoms. The Kier molecular flexibility index (Phi) is 11.2. The van der Waals surface area contributed by atoms with Gasteiger partial charge in [0.05, 0.1) is 0 Å². The van der Waals surface area contributed by atoms with Gasteiger partial charge in [0.1, 0.15) is 24.2 Å². The number of alkyl carbamates (subject to hydrolysis) is 1. The number of carboxylic acids is 2. The fourth-order valence-electron chi connectivity index (χ4n) is 6.06. The summed E-state index contributed by atoms with van der Waals surface area (Å²) < 4.78 is 5.39. The Morgan fingerprint density at radius 3 is 2.24 bits per heavy atom. The molecule has 0 aromatic heterocycles. The molecule has 6 N–H and O–H groups in total. The number of ether oxygens (including phenoxy) is 1. The molecule has 3 amide bonds. The number of carbonyl (C=O) groups excluding carboxylic acids is 3. The summed E-state index contributed by atoms with van der Waals surface area (Å²) in [5.74, 6) is -3.31. The zero-order valence-electron chi connectivity index (χ0n) is 21.9. The van der Waals surface area contributed by atoms with E-state index in [1.54, 1.807) is 0 Å². The molecule has 0 aromatic carbocycles. The van der Waals surface area contributed by atoms with Crippen molar-refractivity contribution in [3.63, 3.8) is 0 Å². The molecule has 38 heavy (non-hydrogen) atoms. The summed E-state index contributed by atoms with van der Waals surface area (Å²) in [6, 6.07) is -3.43. The second-order valence-electron chi connectivity index (χ2n) is 10.7. The summed E-state index contributed by atoms with van der Waals surface area (Å²) in [4.78, 5) is 63.7. The van der Waals surface area contributed by atoms with Gasteiger partial charge in [-0.2, -0.15) is 0 Å². The van der Waals surface area contributed by atoms with Gasteiger partial charge in [-0.25, -0.2) is 14.4 Å². The van der Waals surface area contributed by atoms with Gasteiger partial charge in [-0.15, -0.1) is 0 Å². The van der Waals surface area contributed by atoms with Crippen LogP contribution in [0.25, 0.3) is 0 Å². The number of carboxylic acid groups (broad SMARTS) is 2. The Hall–Kier alpha value is -2.89. The van der Waals surface area contributed by atoms with E-state index in [2.05, 4.69) is 10.6 Å². The highest BCUT2D eigenvalue weighted by Gasteiger charge is 2.47. The molecule has 214 valence electrons. The zero-order chi connectivity index (χ0) is 27.7. The van der Waals surface area contributed by atoms with Crippen molar-refractivity contribution in [3.8, 4) is 0 Å². The molecular weight excluding hydrogens is 496 g/mol. The Morgan fingerprint density at radius 2 is 1.58 bits per heavy atom. The summed E-state index contributed by atoms with van der Waals surface area (Å²) in [6.45, 7) is 0.413. The minimum Gasteiger partial charge on any atom is -0.480 e. The predicted molar refractivity (Wildman–Crippen MR) is 136 cm³/mol. The lowest BCUT2D eigenvalue weighted by atomic mass is 9.84. The van der Waals surface area contributed by atoms with Crippen LogP contribution in [0.5, 0.6) is 0 Å². The van der Waals surface area contributed by atoms with Gasteiger partial charge in [-0.1, -0.05) is 12.8 Å². The van der Waals surface area contributed by atoms with E-state index in [4.69, 9.17) is 10.5 Å². The highest BCUT2D eigenvalue weighted by atomic mass is 16.6. The van der Waals surface area contributed by atoms with E-state index in [-0.39, 0.29) is 37.3 Å². The maximum atomic E-state index is 13.1. The largest absolute Gasteiger partial charge is 0.480 e. The average Bonchev–Trinajstić information content (AvgIpc) is 3.53. The highest BCUT2D eigenvalue weighted by molar-refractivity contribution is 5.90. The molecule has 0 radical (unpaired) electrons.